The van der Waals surface area contributed by atoms with Crippen LogP contribution in [-0.2, 0) is 0 Å². The predicted molar refractivity (Wildman–Crippen MR) is 65.5 cm³/mol. The summed E-state index contributed by atoms with van der Waals surface area (Å²) in [4.78, 5) is 14.0. The fourth-order valence-electron chi connectivity index (χ4n) is 2.03. The van der Waals surface area contributed by atoms with Crippen LogP contribution in [0.25, 0.3) is 0 Å². The van der Waals surface area contributed by atoms with Crippen molar-refractivity contribution in [1.29, 1.82) is 0 Å². The fraction of sp³-hybridized carbons (Fsp3) is 0.500. The minimum Gasteiger partial charge on any atom is -0.336 e. The molecule has 92 valence electrons. The maximum Gasteiger partial charge on any atom is 0.257 e. The Balaban J connectivity index is 2.22. The Bertz CT molecular complexity index is 426. The molecule has 1 fully saturated rings. The third kappa shape index (κ3) is 2.65. The number of hydrogen-bond acceptors (Lipinski definition) is 1. The molecule has 0 aliphatic heterocycles. The highest BCUT2D eigenvalue weighted by atomic mass is 19.1. The lowest BCUT2D eigenvalue weighted by Gasteiger charge is -2.22. The first-order valence-corrected chi connectivity index (χ1v) is 6.20. The molecule has 17 heavy (non-hydrogen) atoms. The van der Waals surface area contributed by atoms with Gasteiger partial charge in [-0.1, -0.05) is 13.0 Å². The number of carbonyl (C=O) groups excluding carboxylic acids is 1. The molecule has 0 N–H and O–H groups in total. The van der Waals surface area contributed by atoms with Crippen LogP contribution >= 0.6 is 0 Å². The van der Waals surface area contributed by atoms with Gasteiger partial charge in [-0.3, -0.25) is 4.79 Å². The zero-order chi connectivity index (χ0) is 12.4. The largest absolute Gasteiger partial charge is 0.336 e. The number of aryl methyl sites for hydroxylation is 1. The van der Waals surface area contributed by atoms with Gasteiger partial charge >= 0.3 is 0 Å². The summed E-state index contributed by atoms with van der Waals surface area (Å²) in [5.41, 5.74) is 1.04. The highest BCUT2D eigenvalue weighted by Gasteiger charge is 2.33. The molecule has 0 atom stereocenters. The van der Waals surface area contributed by atoms with Crippen molar-refractivity contribution in [2.24, 2.45) is 0 Å². The summed E-state index contributed by atoms with van der Waals surface area (Å²) in [6.45, 7) is 4.58. The van der Waals surface area contributed by atoms with Crippen LogP contribution in [0.2, 0.25) is 0 Å². The first kappa shape index (κ1) is 12.1. The molecule has 0 unspecified atom stereocenters. The second-order valence-electron chi connectivity index (χ2n) is 4.71. The molecule has 1 aromatic rings. The number of benzene rings is 1. The Hall–Kier alpha value is -1.38. The van der Waals surface area contributed by atoms with Gasteiger partial charge in [0.1, 0.15) is 5.82 Å². The van der Waals surface area contributed by atoms with E-state index < -0.39 is 5.82 Å². The van der Waals surface area contributed by atoms with Crippen LogP contribution in [0, 0.1) is 12.7 Å². The molecule has 0 aromatic heterocycles. The minimum atomic E-state index is -0.406. The number of halogens is 1. The fourth-order valence-corrected chi connectivity index (χ4v) is 2.03. The molecule has 2 rings (SSSR count). The number of rotatable bonds is 4. The molecule has 1 aromatic carbocycles. The quantitative estimate of drug-likeness (QED) is 0.785. The van der Waals surface area contributed by atoms with Crippen LogP contribution < -0.4 is 0 Å². The number of carbonyl (C=O) groups is 1. The van der Waals surface area contributed by atoms with Crippen molar-refractivity contribution in [3.63, 3.8) is 0 Å². The average Bonchev–Trinajstić information content (AvgIpc) is 3.09. The van der Waals surface area contributed by atoms with Crippen molar-refractivity contribution in [1.82, 2.24) is 4.90 Å². The average molecular weight is 235 g/mol. The van der Waals surface area contributed by atoms with E-state index in [1.807, 2.05) is 18.7 Å². The first-order valence-electron chi connectivity index (χ1n) is 6.20. The minimum absolute atomic E-state index is 0.160. The van der Waals surface area contributed by atoms with Gasteiger partial charge in [-0.15, -0.1) is 0 Å². The van der Waals surface area contributed by atoms with E-state index in [0.29, 0.717) is 6.04 Å². The third-order valence-electron chi connectivity index (χ3n) is 3.07. The van der Waals surface area contributed by atoms with Crippen LogP contribution in [0.1, 0.15) is 42.1 Å². The third-order valence-corrected chi connectivity index (χ3v) is 3.07. The van der Waals surface area contributed by atoms with Gasteiger partial charge in [0.25, 0.3) is 5.91 Å². The molecule has 0 radical (unpaired) electrons. The summed E-state index contributed by atoms with van der Waals surface area (Å²) in [6.07, 6.45) is 3.02. The summed E-state index contributed by atoms with van der Waals surface area (Å²) >= 11 is 0. The summed E-state index contributed by atoms with van der Waals surface area (Å²) in [6, 6.07) is 5.14. The molecule has 2 nitrogen and oxygen atoms in total. The Labute approximate surface area is 101 Å². The zero-order valence-electron chi connectivity index (χ0n) is 10.4. The SMILES string of the molecule is CCCN(C(=O)c1ccc(C)cc1F)C1CC1. The molecular formula is C14H18FNO. The number of hydrogen-bond donors (Lipinski definition) is 0. The molecule has 0 bridgehead atoms. The second kappa shape index (κ2) is 4.86. The van der Waals surface area contributed by atoms with Crippen molar-refractivity contribution in [2.75, 3.05) is 6.54 Å². The maximum atomic E-state index is 13.7. The van der Waals surface area contributed by atoms with E-state index in [0.717, 1.165) is 31.4 Å². The van der Waals surface area contributed by atoms with Crippen LogP contribution in [-0.4, -0.2) is 23.4 Å². The zero-order valence-corrected chi connectivity index (χ0v) is 10.4. The summed E-state index contributed by atoms with van der Waals surface area (Å²) < 4.78 is 13.7. The lowest BCUT2D eigenvalue weighted by molar-refractivity contribution is 0.0738. The van der Waals surface area contributed by atoms with E-state index in [1.165, 1.54) is 6.07 Å². The molecular weight excluding hydrogens is 217 g/mol. The molecule has 3 heteroatoms. The van der Waals surface area contributed by atoms with Crippen molar-refractivity contribution < 1.29 is 9.18 Å². The standard InChI is InChI=1S/C14H18FNO/c1-3-8-16(11-5-6-11)14(17)12-7-4-10(2)9-13(12)15/h4,7,9,11H,3,5-6,8H2,1-2H3. The highest BCUT2D eigenvalue weighted by Crippen LogP contribution is 2.28. The van der Waals surface area contributed by atoms with Gasteiger partial charge in [0.05, 0.1) is 5.56 Å². The van der Waals surface area contributed by atoms with Gasteiger partial charge < -0.3 is 4.90 Å². The smallest absolute Gasteiger partial charge is 0.257 e. The molecule has 1 aliphatic rings. The maximum absolute atomic E-state index is 13.7. The van der Waals surface area contributed by atoms with Crippen LogP contribution in [0.3, 0.4) is 0 Å². The van der Waals surface area contributed by atoms with Crippen LogP contribution in [0.15, 0.2) is 18.2 Å². The molecule has 0 heterocycles. The Morgan fingerprint density at radius 2 is 2.18 bits per heavy atom. The molecule has 0 spiro atoms. The van der Waals surface area contributed by atoms with Gasteiger partial charge in [-0.05, 0) is 43.9 Å². The van der Waals surface area contributed by atoms with E-state index in [1.54, 1.807) is 12.1 Å². The van der Waals surface area contributed by atoms with Crippen LogP contribution in [0.4, 0.5) is 4.39 Å². The summed E-state index contributed by atoms with van der Waals surface area (Å²) in [7, 11) is 0. The topological polar surface area (TPSA) is 20.3 Å². The predicted octanol–water partition coefficient (Wildman–Crippen LogP) is 3.15. The lowest BCUT2D eigenvalue weighted by Crippen LogP contribution is -2.34. The second-order valence-corrected chi connectivity index (χ2v) is 4.71. The van der Waals surface area contributed by atoms with Crippen LogP contribution in [0.5, 0.6) is 0 Å². The van der Waals surface area contributed by atoms with Gasteiger partial charge in [0.2, 0.25) is 0 Å². The van der Waals surface area contributed by atoms with E-state index in [9.17, 15) is 9.18 Å². The number of amides is 1. The van der Waals surface area contributed by atoms with Crippen molar-refractivity contribution in [3.8, 4) is 0 Å². The van der Waals surface area contributed by atoms with E-state index >= 15 is 0 Å². The van der Waals surface area contributed by atoms with E-state index in [-0.39, 0.29) is 11.5 Å². The number of nitrogens with zero attached hydrogens (tertiary/aromatic N) is 1. The van der Waals surface area contributed by atoms with Crippen molar-refractivity contribution in [3.05, 3.63) is 35.1 Å². The molecule has 1 saturated carbocycles. The van der Waals surface area contributed by atoms with Crippen molar-refractivity contribution in [2.45, 2.75) is 39.2 Å². The normalized spacial score (nSPS) is 14.8. The summed E-state index contributed by atoms with van der Waals surface area (Å²) in [5, 5.41) is 0. The van der Waals surface area contributed by atoms with Gasteiger partial charge in [0.15, 0.2) is 0 Å². The monoisotopic (exact) mass is 235 g/mol. The Morgan fingerprint density at radius 3 is 2.71 bits per heavy atom. The van der Waals surface area contributed by atoms with Gasteiger partial charge in [-0.25, -0.2) is 4.39 Å². The van der Waals surface area contributed by atoms with Crippen molar-refractivity contribution >= 4 is 5.91 Å². The Morgan fingerprint density at radius 1 is 1.47 bits per heavy atom. The van der Waals surface area contributed by atoms with E-state index in [4.69, 9.17) is 0 Å². The summed E-state index contributed by atoms with van der Waals surface area (Å²) in [5.74, 6) is -0.566. The Kier molecular flexibility index (Phi) is 3.46. The van der Waals surface area contributed by atoms with Gasteiger partial charge in [-0.2, -0.15) is 0 Å². The first-order chi connectivity index (χ1) is 8.13. The lowest BCUT2D eigenvalue weighted by atomic mass is 10.1. The van der Waals surface area contributed by atoms with E-state index in [2.05, 4.69) is 0 Å². The van der Waals surface area contributed by atoms with Gasteiger partial charge in [0, 0.05) is 12.6 Å². The highest BCUT2D eigenvalue weighted by molar-refractivity contribution is 5.95. The molecule has 1 aliphatic carbocycles. The molecule has 0 saturated heterocycles. The molecule has 1 amide bonds.